The third-order valence-corrected chi connectivity index (χ3v) is 1.42. The van der Waals surface area contributed by atoms with Crippen LogP contribution in [0, 0.1) is 5.92 Å². The van der Waals surface area contributed by atoms with Crippen molar-refractivity contribution < 1.29 is 4.74 Å². The molecule has 1 saturated heterocycles. The van der Waals surface area contributed by atoms with Crippen LogP contribution >= 0.6 is 0 Å². The van der Waals surface area contributed by atoms with Crippen molar-refractivity contribution in [3.05, 3.63) is 0 Å². The predicted octanol–water partition coefficient (Wildman–Crippen LogP) is 0.242. The highest BCUT2D eigenvalue weighted by Crippen LogP contribution is 2.01. The Morgan fingerprint density at radius 2 is 2.38 bits per heavy atom. The van der Waals surface area contributed by atoms with Crippen LogP contribution in [0.25, 0.3) is 0 Å². The minimum absolute atomic E-state index is 0.801. The molecule has 0 aromatic heterocycles. The van der Waals surface area contributed by atoms with Gasteiger partial charge in [-0.15, -0.1) is 0 Å². The molecule has 0 unspecified atom stereocenters. The van der Waals surface area contributed by atoms with Crippen molar-refractivity contribution in [2.45, 2.75) is 6.92 Å². The van der Waals surface area contributed by atoms with Gasteiger partial charge in [0.1, 0.15) is 0 Å². The van der Waals surface area contributed by atoms with E-state index in [4.69, 9.17) is 4.74 Å². The fraction of sp³-hybridized carbons (Fsp3) is 1.00. The summed E-state index contributed by atoms with van der Waals surface area (Å²) >= 11 is 0. The second-order valence-electron chi connectivity index (χ2n) is 2.18. The van der Waals surface area contributed by atoms with Gasteiger partial charge in [-0.1, -0.05) is 0 Å². The topological polar surface area (TPSA) is 21.3 Å². The summed E-state index contributed by atoms with van der Waals surface area (Å²) in [4.78, 5) is 0. The molecule has 0 radical (unpaired) electrons. The van der Waals surface area contributed by atoms with Gasteiger partial charge in [-0.2, -0.15) is 0 Å². The van der Waals surface area contributed by atoms with Crippen molar-refractivity contribution in [2.24, 2.45) is 5.92 Å². The maximum Gasteiger partial charge on any atom is 0.0518 e. The largest absolute Gasteiger partial charge is 0.381 e. The molecule has 1 aliphatic rings. The number of rotatable bonds is 3. The van der Waals surface area contributed by atoms with Gasteiger partial charge in [0, 0.05) is 25.6 Å². The Kier molecular flexibility index (Phi) is 2.30. The van der Waals surface area contributed by atoms with Gasteiger partial charge in [-0.3, -0.25) is 0 Å². The van der Waals surface area contributed by atoms with Gasteiger partial charge in [-0.25, -0.2) is 0 Å². The molecule has 2 nitrogen and oxygen atoms in total. The summed E-state index contributed by atoms with van der Waals surface area (Å²) in [5.41, 5.74) is 0. The third kappa shape index (κ3) is 1.46. The molecule has 1 N–H and O–H groups in total. The average Bonchev–Trinajstić information content (AvgIpc) is 1.63. The molecule has 0 aromatic rings. The molecule has 0 saturated carbocycles. The maximum atomic E-state index is 5.20. The van der Waals surface area contributed by atoms with Crippen molar-refractivity contribution in [2.75, 3.05) is 26.3 Å². The van der Waals surface area contributed by atoms with E-state index in [9.17, 15) is 0 Å². The van der Waals surface area contributed by atoms with Crippen LogP contribution in [-0.2, 0) is 4.74 Å². The van der Waals surface area contributed by atoms with Gasteiger partial charge in [-0.05, 0) is 6.92 Å². The molecule has 0 amide bonds. The first-order valence-electron chi connectivity index (χ1n) is 3.22. The summed E-state index contributed by atoms with van der Waals surface area (Å²) in [5, 5.41) is 3.19. The number of hydrogen-bond donors (Lipinski definition) is 1. The van der Waals surface area contributed by atoms with Crippen molar-refractivity contribution in [3.8, 4) is 0 Å². The summed E-state index contributed by atoms with van der Waals surface area (Å²) in [6.45, 7) is 6.14. The van der Waals surface area contributed by atoms with Crippen LogP contribution < -0.4 is 5.32 Å². The predicted molar refractivity (Wildman–Crippen MR) is 32.9 cm³/mol. The molecule has 0 spiro atoms. The van der Waals surface area contributed by atoms with E-state index in [-0.39, 0.29) is 0 Å². The van der Waals surface area contributed by atoms with Gasteiger partial charge < -0.3 is 10.1 Å². The number of hydrogen-bond acceptors (Lipinski definition) is 2. The smallest absolute Gasteiger partial charge is 0.0518 e. The van der Waals surface area contributed by atoms with Crippen LogP contribution in [-0.4, -0.2) is 26.3 Å². The molecule has 1 rings (SSSR count). The van der Waals surface area contributed by atoms with Gasteiger partial charge in [0.05, 0.1) is 6.61 Å². The first-order valence-corrected chi connectivity index (χ1v) is 3.22. The Morgan fingerprint density at radius 3 is 2.75 bits per heavy atom. The van der Waals surface area contributed by atoms with Gasteiger partial charge in [0.25, 0.3) is 0 Å². The van der Waals surface area contributed by atoms with E-state index in [2.05, 4.69) is 5.32 Å². The molecule has 1 fully saturated rings. The van der Waals surface area contributed by atoms with Crippen molar-refractivity contribution >= 4 is 0 Å². The summed E-state index contributed by atoms with van der Waals surface area (Å²) in [6, 6.07) is 0. The van der Waals surface area contributed by atoms with Crippen molar-refractivity contribution in [1.29, 1.82) is 0 Å². The zero-order valence-electron chi connectivity index (χ0n) is 5.31. The highest BCUT2D eigenvalue weighted by atomic mass is 16.5. The van der Waals surface area contributed by atoms with Crippen LogP contribution in [0.1, 0.15) is 6.92 Å². The fourth-order valence-electron chi connectivity index (χ4n) is 0.751. The van der Waals surface area contributed by atoms with Crippen LogP contribution in [0.2, 0.25) is 0 Å². The Balaban J connectivity index is 1.86. The molecule has 0 aliphatic carbocycles. The normalized spacial score (nSPS) is 20.6. The minimum atomic E-state index is 0.801. The number of ether oxygens (including phenoxy) is 1. The molecule has 0 aromatic carbocycles. The van der Waals surface area contributed by atoms with Crippen LogP contribution in [0.15, 0.2) is 0 Å². The van der Waals surface area contributed by atoms with Gasteiger partial charge in [0.15, 0.2) is 0 Å². The monoisotopic (exact) mass is 115 g/mol. The molecule has 1 heterocycles. The lowest BCUT2D eigenvalue weighted by Gasteiger charge is -2.26. The lowest BCUT2D eigenvalue weighted by molar-refractivity contribution is 0.0893. The highest BCUT2D eigenvalue weighted by molar-refractivity contribution is 4.73. The van der Waals surface area contributed by atoms with E-state index in [1.54, 1.807) is 0 Å². The summed E-state index contributed by atoms with van der Waals surface area (Å²) in [6.07, 6.45) is 0. The average molecular weight is 115 g/mol. The standard InChI is InChI=1S/C6H13NO/c1-2-8-5-6-3-7-4-6/h6-7H,2-5H2,1H3. The molecular formula is C6H13NO. The van der Waals surface area contributed by atoms with Crippen LogP contribution in [0.4, 0.5) is 0 Å². The first kappa shape index (κ1) is 6.05. The van der Waals surface area contributed by atoms with Crippen LogP contribution in [0.3, 0.4) is 0 Å². The molecule has 0 bridgehead atoms. The first-order chi connectivity index (χ1) is 3.93. The molecule has 2 heteroatoms. The van der Waals surface area contributed by atoms with Gasteiger partial charge in [0.2, 0.25) is 0 Å². The van der Waals surface area contributed by atoms with E-state index in [1.807, 2.05) is 6.92 Å². The van der Waals surface area contributed by atoms with Crippen molar-refractivity contribution in [3.63, 3.8) is 0 Å². The minimum Gasteiger partial charge on any atom is -0.381 e. The Morgan fingerprint density at radius 1 is 1.62 bits per heavy atom. The summed E-state index contributed by atoms with van der Waals surface area (Å²) in [5.74, 6) is 0.801. The van der Waals surface area contributed by atoms with Crippen LogP contribution in [0.5, 0.6) is 0 Å². The Hall–Kier alpha value is -0.0800. The van der Waals surface area contributed by atoms with E-state index >= 15 is 0 Å². The fourth-order valence-corrected chi connectivity index (χ4v) is 0.751. The molecule has 0 atom stereocenters. The second kappa shape index (κ2) is 3.05. The van der Waals surface area contributed by atoms with E-state index in [0.717, 1.165) is 32.2 Å². The summed E-state index contributed by atoms with van der Waals surface area (Å²) in [7, 11) is 0. The second-order valence-corrected chi connectivity index (χ2v) is 2.18. The highest BCUT2D eigenvalue weighted by Gasteiger charge is 2.15. The zero-order valence-corrected chi connectivity index (χ0v) is 5.31. The lowest BCUT2D eigenvalue weighted by atomic mass is 10.1. The molecule has 8 heavy (non-hydrogen) atoms. The Labute approximate surface area is 50.2 Å². The zero-order chi connectivity index (χ0) is 5.82. The molecule has 1 aliphatic heterocycles. The van der Waals surface area contributed by atoms with Gasteiger partial charge >= 0.3 is 0 Å². The maximum absolute atomic E-state index is 5.20. The van der Waals surface area contributed by atoms with E-state index in [0.29, 0.717) is 0 Å². The molecule has 48 valence electrons. The molecular weight excluding hydrogens is 102 g/mol. The summed E-state index contributed by atoms with van der Waals surface area (Å²) < 4.78 is 5.20. The van der Waals surface area contributed by atoms with Crippen molar-refractivity contribution in [1.82, 2.24) is 5.32 Å². The lowest BCUT2D eigenvalue weighted by Crippen LogP contribution is -2.44. The SMILES string of the molecule is CCOCC1CNC1. The number of nitrogens with one attached hydrogen (secondary N) is 1. The Bertz CT molecular complexity index is 61.5. The van der Waals surface area contributed by atoms with E-state index in [1.165, 1.54) is 0 Å². The quantitative estimate of drug-likeness (QED) is 0.569. The third-order valence-electron chi connectivity index (χ3n) is 1.42. The van der Waals surface area contributed by atoms with E-state index < -0.39 is 0 Å².